The molecule has 0 saturated carbocycles. The van der Waals surface area contributed by atoms with Crippen molar-refractivity contribution in [2.75, 3.05) is 0 Å². The van der Waals surface area contributed by atoms with Crippen LogP contribution in [0.4, 0.5) is 0 Å². The van der Waals surface area contributed by atoms with Gasteiger partial charge in [0, 0.05) is 14.6 Å². The standard InChI is InChI=1S/C9H5Br2S/c1-5-8-6(10)3-2-4-7(8)12-9(5)11/h2-4H,1H2. The number of benzene rings is 1. The van der Waals surface area contributed by atoms with Gasteiger partial charge in [0.2, 0.25) is 0 Å². The van der Waals surface area contributed by atoms with E-state index in [0.29, 0.717) is 0 Å². The normalized spacial score (nSPS) is 10.9. The van der Waals surface area contributed by atoms with Crippen LogP contribution in [-0.2, 0) is 0 Å². The van der Waals surface area contributed by atoms with E-state index in [4.69, 9.17) is 0 Å². The van der Waals surface area contributed by atoms with Gasteiger partial charge in [0.15, 0.2) is 0 Å². The van der Waals surface area contributed by atoms with Crippen LogP contribution in [0.3, 0.4) is 0 Å². The minimum atomic E-state index is 1.07. The lowest BCUT2D eigenvalue weighted by Gasteiger charge is -1.93. The first-order valence-corrected chi connectivity index (χ1v) is 5.79. The maximum Gasteiger partial charge on any atom is 0.0743 e. The van der Waals surface area contributed by atoms with Crippen LogP contribution in [0.1, 0.15) is 5.56 Å². The molecule has 3 heteroatoms. The van der Waals surface area contributed by atoms with Crippen molar-refractivity contribution in [3.05, 3.63) is 38.9 Å². The highest BCUT2D eigenvalue weighted by atomic mass is 79.9. The van der Waals surface area contributed by atoms with Crippen LogP contribution < -0.4 is 0 Å². The van der Waals surface area contributed by atoms with Gasteiger partial charge >= 0.3 is 0 Å². The first-order chi connectivity index (χ1) is 5.70. The molecule has 0 nitrogen and oxygen atoms in total. The van der Waals surface area contributed by atoms with Gasteiger partial charge in [0.25, 0.3) is 0 Å². The number of rotatable bonds is 0. The molecule has 1 aromatic heterocycles. The Bertz CT molecular complexity index is 431. The maximum absolute atomic E-state index is 4.00. The van der Waals surface area contributed by atoms with Crippen LogP contribution in [0.15, 0.2) is 26.5 Å². The van der Waals surface area contributed by atoms with Crippen molar-refractivity contribution in [3.63, 3.8) is 0 Å². The van der Waals surface area contributed by atoms with E-state index in [1.807, 2.05) is 12.1 Å². The second kappa shape index (κ2) is 3.13. The maximum atomic E-state index is 4.00. The lowest BCUT2D eigenvalue weighted by atomic mass is 10.2. The van der Waals surface area contributed by atoms with Crippen LogP contribution in [0, 0.1) is 6.92 Å². The summed E-state index contributed by atoms with van der Waals surface area (Å²) in [5.41, 5.74) is 1.07. The van der Waals surface area contributed by atoms with E-state index in [0.717, 1.165) is 13.8 Å². The zero-order valence-corrected chi connectivity index (χ0v) is 10.1. The van der Waals surface area contributed by atoms with Crippen LogP contribution in [-0.4, -0.2) is 0 Å². The minimum Gasteiger partial charge on any atom is -0.128 e. The largest absolute Gasteiger partial charge is 0.128 e. The van der Waals surface area contributed by atoms with Crippen molar-refractivity contribution >= 4 is 53.3 Å². The number of fused-ring (bicyclic) bond motifs is 1. The Kier molecular flexibility index (Phi) is 2.27. The quantitative estimate of drug-likeness (QED) is 0.667. The molecule has 2 rings (SSSR count). The number of halogens is 2. The first kappa shape index (κ1) is 8.73. The fraction of sp³-hybridized carbons (Fsp3) is 0. The molecule has 0 atom stereocenters. The molecule has 0 saturated heterocycles. The van der Waals surface area contributed by atoms with Crippen molar-refractivity contribution in [2.45, 2.75) is 0 Å². The molecule has 0 spiro atoms. The van der Waals surface area contributed by atoms with E-state index in [2.05, 4.69) is 44.8 Å². The lowest BCUT2D eigenvalue weighted by Crippen LogP contribution is -1.70. The summed E-state index contributed by atoms with van der Waals surface area (Å²) in [6, 6.07) is 6.18. The van der Waals surface area contributed by atoms with Crippen LogP contribution in [0.2, 0.25) is 0 Å². The van der Waals surface area contributed by atoms with Crippen molar-refractivity contribution < 1.29 is 0 Å². The predicted octanol–water partition coefficient (Wildman–Crippen LogP) is 4.61. The monoisotopic (exact) mass is 303 g/mol. The van der Waals surface area contributed by atoms with Gasteiger partial charge in [-0.15, -0.1) is 11.3 Å². The zero-order chi connectivity index (χ0) is 8.72. The topological polar surface area (TPSA) is 0 Å². The molecule has 0 aliphatic carbocycles. The summed E-state index contributed by atoms with van der Waals surface area (Å²) in [5, 5.41) is 1.22. The molecule has 0 aliphatic rings. The van der Waals surface area contributed by atoms with E-state index in [9.17, 15) is 0 Å². The Balaban J connectivity index is 2.97. The summed E-state index contributed by atoms with van der Waals surface area (Å²) >= 11 is 8.70. The molecule has 12 heavy (non-hydrogen) atoms. The molecule has 0 N–H and O–H groups in total. The van der Waals surface area contributed by atoms with Crippen LogP contribution in [0.25, 0.3) is 10.1 Å². The molecule has 0 fully saturated rings. The Morgan fingerprint density at radius 3 is 2.67 bits per heavy atom. The zero-order valence-electron chi connectivity index (χ0n) is 6.10. The summed E-state index contributed by atoms with van der Waals surface area (Å²) in [7, 11) is 0. The Morgan fingerprint density at radius 1 is 1.25 bits per heavy atom. The predicted molar refractivity (Wildman–Crippen MR) is 61.7 cm³/mol. The summed E-state index contributed by atoms with van der Waals surface area (Å²) in [6.45, 7) is 4.00. The van der Waals surface area contributed by atoms with Gasteiger partial charge in [-0.1, -0.05) is 22.0 Å². The van der Waals surface area contributed by atoms with Crippen molar-refractivity contribution in [2.24, 2.45) is 0 Å². The van der Waals surface area contributed by atoms with Gasteiger partial charge in [-0.25, -0.2) is 0 Å². The van der Waals surface area contributed by atoms with Crippen molar-refractivity contribution in [1.82, 2.24) is 0 Å². The van der Waals surface area contributed by atoms with E-state index >= 15 is 0 Å². The highest BCUT2D eigenvalue weighted by Gasteiger charge is 2.07. The minimum absolute atomic E-state index is 1.07. The van der Waals surface area contributed by atoms with Gasteiger partial charge in [-0.2, -0.15) is 0 Å². The molecule has 2 aromatic rings. The number of hydrogen-bond acceptors (Lipinski definition) is 1. The van der Waals surface area contributed by atoms with E-state index in [1.54, 1.807) is 11.3 Å². The molecule has 1 heterocycles. The molecule has 0 bridgehead atoms. The highest BCUT2D eigenvalue weighted by Crippen LogP contribution is 2.38. The van der Waals surface area contributed by atoms with E-state index in [-0.39, 0.29) is 0 Å². The molecule has 61 valence electrons. The summed E-state index contributed by atoms with van der Waals surface area (Å²) < 4.78 is 3.50. The Morgan fingerprint density at radius 2 is 2.00 bits per heavy atom. The van der Waals surface area contributed by atoms with Crippen LogP contribution >= 0.6 is 43.2 Å². The highest BCUT2D eigenvalue weighted by molar-refractivity contribution is 9.11. The molecule has 1 aromatic carbocycles. The molecule has 0 unspecified atom stereocenters. The third kappa shape index (κ3) is 1.24. The average molecular weight is 305 g/mol. The van der Waals surface area contributed by atoms with Gasteiger partial charge < -0.3 is 0 Å². The fourth-order valence-electron chi connectivity index (χ4n) is 1.14. The van der Waals surface area contributed by atoms with Gasteiger partial charge in [-0.05, 0) is 40.5 Å². The summed E-state index contributed by atoms with van der Waals surface area (Å²) in [6.07, 6.45) is 0. The van der Waals surface area contributed by atoms with Crippen LogP contribution in [0.5, 0.6) is 0 Å². The third-order valence-electron chi connectivity index (χ3n) is 1.71. The second-order valence-corrected chi connectivity index (χ2v) is 5.69. The Labute approximate surface area is 91.9 Å². The van der Waals surface area contributed by atoms with Crippen molar-refractivity contribution in [1.29, 1.82) is 0 Å². The number of thiophene rings is 1. The van der Waals surface area contributed by atoms with Gasteiger partial charge in [-0.3, -0.25) is 0 Å². The Hall–Kier alpha value is 0.140. The molecule has 0 amide bonds. The number of hydrogen-bond donors (Lipinski definition) is 0. The summed E-state index contributed by atoms with van der Waals surface area (Å²) in [4.78, 5) is 0. The second-order valence-electron chi connectivity index (χ2n) is 2.47. The molecule has 0 aliphatic heterocycles. The third-order valence-corrected chi connectivity index (χ3v) is 4.32. The van der Waals surface area contributed by atoms with E-state index in [1.165, 1.54) is 10.1 Å². The molecule has 1 radical (unpaired) electrons. The molecular formula is C9H5Br2S. The molecular weight excluding hydrogens is 300 g/mol. The smallest absolute Gasteiger partial charge is 0.0743 e. The SMILES string of the molecule is [CH2]c1c(Br)sc2cccc(Br)c12. The fourth-order valence-corrected chi connectivity index (χ4v) is 3.50. The van der Waals surface area contributed by atoms with Gasteiger partial charge in [0.05, 0.1) is 3.79 Å². The summed E-state index contributed by atoms with van der Waals surface area (Å²) in [5.74, 6) is 0. The first-order valence-electron chi connectivity index (χ1n) is 3.38. The van der Waals surface area contributed by atoms with E-state index < -0.39 is 0 Å². The average Bonchev–Trinajstić information content (AvgIpc) is 2.29. The lowest BCUT2D eigenvalue weighted by molar-refractivity contribution is 1.73. The van der Waals surface area contributed by atoms with Crippen molar-refractivity contribution in [3.8, 4) is 0 Å². The van der Waals surface area contributed by atoms with Gasteiger partial charge in [0.1, 0.15) is 0 Å².